The van der Waals surface area contributed by atoms with Crippen molar-refractivity contribution in [3.63, 3.8) is 0 Å². The van der Waals surface area contributed by atoms with Crippen LogP contribution in [0.4, 0.5) is 10.1 Å². The number of nitro groups is 1. The number of nitro benzene ring substituents is 1. The summed E-state index contributed by atoms with van der Waals surface area (Å²) in [4.78, 5) is 14.4. The van der Waals surface area contributed by atoms with Crippen LogP contribution in [-0.4, -0.2) is 38.1 Å². The van der Waals surface area contributed by atoms with Crippen LogP contribution in [0.15, 0.2) is 23.2 Å². The Morgan fingerprint density at radius 2 is 2.24 bits per heavy atom. The van der Waals surface area contributed by atoms with Gasteiger partial charge < -0.3 is 5.73 Å². The lowest BCUT2D eigenvalue weighted by molar-refractivity contribution is -0.385. The lowest BCUT2D eigenvalue weighted by atomic mass is 9.93. The first-order valence-corrected chi connectivity index (χ1v) is 7.81. The van der Waals surface area contributed by atoms with E-state index in [1.54, 1.807) is 0 Å². The summed E-state index contributed by atoms with van der Waals surface area (Å²) < 4.78 is 27.8. The summed E-state index contributed by atoms with van der Waals surface area (Å²) in [5.74, 6) is 2.80. The standard InChI is InChI=1S/C12H15FN4O3S/c1-12(7-21(3,20)16(2)11(14)15-12)9-6-8(17(18)19)4-5-10(9)13/h4-6H,3,7H2,1-2H3,(H2,14,15)/t12-,21?/m0/s1. The molecule has 0 amide bonds. The molecule has 0 radical (unpaired) electrons. The third kappa shape index (κ3) is 2.56. The average molecular weight is 314 g/mol. The predicted molar refractivity (Wildman–Crippen MR) is 79.9 cm³/mol. The van der Waals surface area contributed by atoms with E-state index in [0.717, 1.165) is 18.2 Å². The van der Waals surface area contributed by atoms with E-state index in [9.17, 15) is 18.7 Å². The molecule has 1 aliphatic heterocycles. The molecule has 0 bridgehead atoms. The topological polar surface area (TPSA) is 102 Å². The highest BCUT2D eigenvalue weighted by molar-refractivity contribution is 7.98. The summed E-state index contributed by atoms with van der Waals surface area (Å²) >= 11 is 0. The fourth-order valence-electron chi connectivity index (χ4n) is 2.24. The van der Waals surface area contributed by atoms with Crippen LogP contribution in [0.2, 0.25) is 0 Å². The Balaban J connectivity index is 2.65. The van der Waals surface area contributed by atoms with Crippen LogP contribution in [0.25, 0.3) is 0 Å². The van der Waals surface area contributed by atoms with E-state index >= 15 is 0 Å². The molecule has 114 valence electrons. The van der Waals surface area contributed by atoms with E-state index in [1.165, 1.54) is 18.3 Å². The van der Waals surface area contributed by atoms with Crippen molar-refractivity contribution in [2.75, 3.05) is 12.8 Å². The van der Waals surface area contributed by atoms with E-state index in [2.05, 4.69) is 10.9 Å². The van der Waals surface area contributed by atoms with Gasteiger partial charge in [0, 0.05) is 24.7 Å². The fraction of sp³-hybridized carbons (Fsp3) is 0.333. The summed E-state index contributed by atoms with van der Waals surface area (Å²) in [5.41, 5.74) is 4.15. The van der Waals surface area contributed by atoms with Crippen LogP contribution in [0.1, 0.15) is 12.5 Å². The lowest BCUT2D eigenvalue weighted by Gasteiger charge is -2.37. The van der Waals surface area contributed by atoms with Crippen LogP contribution in [-0.2, 0) is 15.2 Å². The van der Waals surface area contributed by atoms with Crippen molar-refractivity contribution in [3.8, 4) is 0 Å². The minimum atomic E-state index is -2.78. The predicted octanol–water partition coefficient (Wildman–Crippen LogP) is 0.841. The van der Waals surface area contributed by atoms with Crippen LogP contribution < -0.4 is 5.73 Å². The molecule has 21 heavy (non-hydrogen) atoms. The molecule has 1 aromatic rings. The Kier molecular flexibility index (Phi) is 3.40. The smallest absolute Gasteiger partial charge is 0.270 e. The van der Waals surface area contributed by atoms with Crippen LogP contribution in [0, 0.1) is 15.9 Å². The molecular formula is C12H15FN4O3S. The van der Waals surface area contributed by atoms with Crippen molar-refractivity contribution in [1.29, 1.82) is 0 Å². The maximum Gasteiger partial charge on any atom is 0.270 e. The minimum absolute atomic E-state index is 0.0240. The van der Waals surface area contributed by atoms with E-state index < -0.39 is 26.0 Å². The zero-order valence-electron chi connectivity index (χ0n) is 11.6. The number of hydrogen-bond donors (Lipinski definition) is 1. The van der Waals surface area contributed by atoms with Gasteiger partial charge in [0.15, 0.2) is 0 Å². The van der Waals surface area contributed by atoms with Gasteiger partial charge in [-0.25, -0.2) is 13.6 Å². The van der Waals surface area contributed by atoms with Gasteiger partial charge in [-0.3, -0.25) is 14.4 Å². The molecule has 1 unspecified atom stereocenters. The third-order valence-electron chi connectivity index (χ3n) is 3.43. The molecule has 0 saturated carbocycles. The second kappa shape index (κ2) is 4.69. The molecular weight excluding hydrogens is 299 g/mol. The number of nitrogens with zero attached hydrogens (tertiary/aromatic N) is 3. The highest BCUT2D eigenvalue weighted by atomic mass is 32.2. The number of guanidine groups is 1. The molecule has 0 aliphatic carbocycles. The number of nitrogens with two attached hydrogens (primary N) is 1. The van der Waals surface area contributed by atoms with Crippen molar-refractivity contribution in [2.24, 2.45) is 10.7 Å². The SMILES string of the molecule is C=S1(=O)C[C@@](C)(c2cc([N+](=O)[O-])ccc2F)N=C(N)N1C. The Morgan fingerprint density at radius 3 is 2.76 bits per heavy atom. The molecule has 0 fully saturated rings. The Labute approximate surface area is 121 Å². The maximum absolute atomic E-state index is 14.1. The van der Waals surface area contributed by atoms with Gasteiger partial charge in [-0.05, 0) is 18.9 Å². The zero-order chi connectivity index (χ0) is 16.0. The van der Waals surface area contributed by atoms with Gasteiger partial charge >= 0.3 is 0 Å². The molecule has 1 aliphatic rings. The Hall–Kier alpha value is -2.16. The fourth-order valence-corrected chi connectivity index (χ4v) is 3.91. The summed E-state index contributed by atoms with van der Waals surface area (Å²) in [5, 5.41) is 10.8. The molecule has 9 heteroatoms. The molecule has 0 spiro atoms. The van der Waals surface area contributed by atoms with Crippen molar-refractivity contribution < 1.29 is 13.5 Å². The van der Waals surface area contributed by atoms with Crippen molar-refractivity contribution >= 4 is 27.2 Å². The molecule has 1 heterocycles. The van der Waals surface area contributed by atoms with Gasteiger partial charge in [-0.1, -0.05) is 0 Å². The van der Waals surface area contributed by atoms with Gasteiger partial charge in [0.25, 0.3) is 5.69 Å². The van der Waals surface area contributed by atoms with Gasteiger partial charge in [0.2, 0.25) is 5.96 Å². The summed E-state index contributed by atoms with van der Waals surface area (Å²) in [6.07, 6.45) is 0. The van der Waals surface area contributed by atoms with Crippen molar-refractivity contribution in [2.45, 2.75) is 12.5 Å². The second-order valence-corrected chi connectivity index (χ2v) is 7.46. The number of hydrogen-bond acceptors (Lipinski definition) is 5. The molecule has 7 nitrogen and oxygen atoms in total. The van der Waals surface area contributed by atoms with Crippen molar-refractivity contribution in [1.82, 2.24) is 4.31 Å². The summed E-state index contributed by atoms with van der Waals surface area (Å²) in [6.45, 7) is 1.53. The van der Waals surface area contributed by atoms with E-state index in [4.69, 9.17) is 5.73 Å². The summed E-state index contributed by atoms with van der Waals surface area (Å²) in [7, 11) is -1.29. The first-order valence-electron chi connectivity index (χ1n) is 5.95. The number of aliphatic imine (C=N–C) groups is 1. The average Bonchev–Trinajstić information content (AvgIpc) is 2.35. The van der Waals surface area contributed by atoms with E-state index in [0.29, 0.717) is 0 Å². The summed E-state index contributed by atoms with van der Waals surface area (Å²) in [6, 6.07) is 3.15. The van der Waals surface area contributed by atoms with Gasteiger partial charge in [-0.2, -0.15) is 0 Å². The minimum Gasteiger partial charge on any atom is -0.369 e. The van der Waals surface area contributed by atoms with Crippen LogP contribution in [0.3, 0.4) is 0 Å². The quantitative estimate of drug-likeness (QED) is 0.496. The second-order valence-electron chi connectivity index (χ2n) is 5.08. The number of non-ortho nitro benzene ring substituents is 1. The zero-order valence-corrected chi connectivity index (χ0v) is 12.4. The Morgan fingerprint density at radius 1 is 1.62 bits per heavy atom. The van der Waals surface area contributed by atoms with E-state index in [1.807, 2.05) is 0 Å². The van der Waals surface area contributed by atoms with Crippen molar-refractivity contribution in [3.05, 3.63) is 39.7 Å². The molecule has 0 saturated heterocycles. The number of halogens is 1. The maximum atomic E-state index is 14.1. The molecule has 2 rings (SSSR count). The molecule has 2 atom stereocenters. The normalized spacial score (nSPS) is 29.1. The van der Waals surface area contributed by atoms with Crippen LogP contribution >= 0.6 is 0 Å². The molecule has 2 N–H and O–H groups in total. The number of benzene rings is 1. The van der Waals surface area contributed by atoms with Gasteiger partial charge in [0.05, 0.1) is 20.4 Å². The first kappa shape index (κ1) is 15.2. The monoisotopic (exact) mass is 314 g/mol. The van der Waals surface area contributed by atoms with E-state index in [-0.39, 0.29) is 23.0 Å². The number of rotatable bonds is 2. The molecule has 0 aromatic heterocycles. The highest BCUT2D eigenvalue weighted by Gasteiger charge is 2.39. The van der Waals surface area contributed by atoms with Gasteiger partial charge in [0.1, 0.15) is 11.4 Å². The third-order valence-corrected chi connectivity index (χ3v) is 5.63. The Bertz CT molecular complexity index is 747. The lowest BCUT2D eigenvalue weighted by Crippen LogP contribution is -2.50. The van der Waals surface area contributed by atoms with Gasteiger partial charge in [-0.15, -0.1) is 0 Å². The highest BCUT2D eigenvalue weighted by Crippen LogP contribution is 2.35. The van der Waals surface area contributed by atoms with Crippen LogP contribution in [0.5, 0.6) is 0 Å². The molecule has 1 aromatic carbocycles. The largest absolute Gasteiger partial charge is 0.369 e. The first-order chi connectivity index (χ1) is 9.57.